The number of hydrogen-bond acceptors (Lipinski definition) is 6. The van der Waals surface area contributed by atoms with E-state index in [9.17, 15) is 19.2 Å². The van der Waals surface area contributed by atoms with Crippen molar-refractivity contribution in [2.75, 3.05) is 13.2 Å². The minimum absolute atomic E-state index is 0.0562. The second-order valence-corrected chi connectivity index (χ2v) is 7.61. The van der Waals surface area contributed by atoms with E-state index in [1.54, 1.807) is 50.2 Å². The first kappa shape index (κ1) is 22.1. The van der Waals surface area contributed by atoms with Crippen LogP contribution >= 0.6 is 0 Å². The molecule has 2 aliphatic rings. The number of nitrogens with zero attached hydrogens (tertiary/aromatic N) is 1. The molecule has 3 heterocycles. The van der Waals surface area contributed by atoms with E-state index >= 15 is 0 Å². The van der Waals surface area contributed by atoms with Crippen molar-refractivity contribution in [3.05, 3.63) is 71.3 Å². The van der Waals surface area contributed by atoms with Crippen LogP contribution in [0.4, 0.5) is 9.59 Å². The van der Waals surface area contributed by atoms with Crippen molar-refractivity contribution in [1.29, 1.82) is 0 Å². The maximum Gasteiger partial charge on any atom is 0.338 e. The summed E-state index contributed by atoms with van der Waals surface area (Å²) < 4.78 is 10.6. The van der Waals surface area contributed by atoms with Gasteiger partial charge in [0.2, 0.25) is 0 Å². The van der Waals surface area contributed by atoms with Crippen LogP contribution in [0, 0.1) is 0 Å². The Kier molecular flexibility index (Phi) is 5.91. The van der Waals surface area contributed by atoms with Crippen LogP contribution in [0.25, 0.3) is 0 Å². The minimum atomic E-state index is -1.24. The number of imide groups is 1. The highest BCUT2D eigenvalue weighted by Crippen LogP contribution is 2.34. The van der Waals surface area contributed by atoms with Crippen LogP contribution in [0.3, 0.4) is 0 Å². The lowest BCUT2D eigenvalue weighted by atomic mass is 9.87. The van der Waals surface area contributed by atoms with Crippen LogP contribution in [0.1, 0.15) is 37.6 Å². The van der Waals surface area contributed by atoms with Gasteiger partial charge in [0.15, 0.2) is 0 Å². The van der Waals surface area contributed by atoms with E-state index in [-0.39, 0.29) is 24.4 Å². The van der Waals surface area contributed by atoms with E-state index in [2.05, 4.69) is 16.0 Å². The monoisotopic (exact) mass is 452 g/mol. The Morgan fingerprint density at radius 2 is 1.88 bits per heavy atom. The summed E-state index contributed by atoms with van der Waals surface area (Å²) in [7, 11) is 0. The number of urea groups is 2. The normalized spacial score (nSPS) is 22.7. The third-order valence-electron chi connectivity index (χ3n) is 5.77. The molecule has 1 saturated heterocycles. The van der Waals surface area contributed by atoms with Gasteiger partial charge in [0.1, 0.15) is 17.3 Å². The Labute approximate surface area is 189 Å². The number of hydrogen-bond donors (Lipinski definition) is 3. The number of rotatable bonds is 7. The van der Waals surface area contributed by atoms with Gasteiger partial charge in [-0.3, -0.25) is 9.69 Å². The molecule has 4 rings (SSSR count). The molecule has 0 aliphatic carbocycles. The number of carbonyl (C=O) groups is 4. The molecular weight excluding hydrogens is 428 g/mol. The van der Waals surface area contributed by atoms with E-state index in [0.29, 0.717) is 17.7 Å². The Morgan fingerprint density at radius 3 is 2.52 bits per heavy atom. The summed E-state index contributed by atoms with van der Waals surface area (Å²) in [5, 5.41) is 7.99. The predicted molar refractivity (Wildman–Crippen MR) is 115 cm³/mol. The van der Waals surface area contributed by atoms with E-state index in [4.69, 9.17) is 9.15 Å². The average Bonchev–Trinajstić information content (AvgIpc) is 3.43. The Bertz CT molecular complexity index is 1110. The van der Waals surface area contributed by atoms with Gasteiger partial charge in [-0.2, -0.15) is 0 Å². The number of ether oxygens (including phenoxy) is 1. The fraction of sp³-hybridized carbons (Fsp3) is 0.304. The molecule has 0 saturated carbocycles. The lowest BCUT2D eigenvalue weighted by Crippen LogP contribution is -2.49. The molecule has 33 heavy (non-hydrogen) atoms. The summed E-state index contributed by atoms with van der Waals surface area (Å²) in [6, 6.07) is 10.0. The number of nitrogens with one attached hydrogen (secondary N) is 3. The average molecular weight is 452 g/mol. The number of carbonyl (C=O) groups excluding carboxylic acids is 4. The standard InChI is InChI=1S/C23H24N4O6/c1-3-23(14-9-6-5-7-10-14)20(29)27(22(31)26-23)13-15-17(19(28)32-4-2)18(25-21(30)24-15)16-11-8-12-33-16/h5-12,18H,3-4,13H2,1-2H3,(H,26,31)(H2,24,25,30). The molecular formula is C23H24N4O6. The molecule has 5 amide bonds. The molecule has 0 bridgehead atoms. The summed E-state index contributed by atoms with van der Waals surface area (Å²) in [5.41, 5.74) is -0.445. The van der Waals surface area contributed by atoms with Gasteiger partial charge in [-0.25, -0.2) is 14.4 Å². The maximum absolute atomic E-state index is 13.5. The number of amides is 5. The predicted octanol–water partition coefficient (Wildman–Crippen LogP) is 2.31. The SMILES string of the molecule is CCOC(=O)C1=C(CN2C(=O)NC(CC)(c3ccccc3)C2=O)NC(=O)NC1c1ccco1. The lowest BCUT2D eigenvalue weighted by molar-refractivity contribution is -0.139. The van der Waals surface area contributed by atoms with Gasteiger partial charge in [0, 0.05) is 0 Å². The third-order valence-corrected chi connectivity index (χ3v) is 5.77. The van der Waals surface area contributed by atoms with Crippen LogP contribution in [-0.4, -0.2) is 42.0 Å². The van der Waals surface area contributed by atoms with Crippen molar-refractivity contribution >= 4 is 23.9 Å². The first-order valence-electron chi connectivity index (χ1n) is 10.6. The van der Waals surface area contributed by atoms with Crippen molar-refractivity contribution in [2.45, 2.75) is 31.8 Å². The number of furan rings is 1. The molecule has 2 unspecified atom stereocenters. The van der Waals surface area contributed by atoms with Gasteiger partial charge < -0.3 is 25.1 Å². The second-order valence-electron chi connectivity index (χ2n) is 7.61. The fourth-order valence-electron chi connectivity index (χ4n) is 4.15. The zero-order valence-corrected chi connectivity index (χ0v) is 18.2. The maximum atomic E-state index is 13.5. The molecule has 0 spiro atoms. The second kappa shape index (κ2) is 8.81. The topological polar surface area (TPSA) is 130 Å². The van der Waals surface area contributed by atoms with Crippen LogP contribution in [-0.2, 0) is 19.9 Å². The van der Waals surface area contributed by atoms with Gasteiger partial charge >= 0.3 is 18.0 Å². The van der Waals surface area contributed by atoms with Crippen LogP contribution < -0.4 is 16.0 Å². The minimum Gasteiger partial charge on any atom is -0.467 e. The first-order valence-corrected chi connectivity index (χ1v) is 10.6. The highest BCUT2D eigenvalue weighted by atomic mass is 16.5. The largest absolute Gasteiger partial charge is 0.467 e. The molecule has 10 heteroatoms. The highest BCUT2D eigenvalue weighted by molar-refractivity contribution is 6.08. The summed E-state index contributed by atoms with van der Waals surface area (Å²) in [6.07, 6.45) is 1.74. The zero-order valence-electron chi connectivity index (χ0n) is 18.2. The fourth-order valence-corrected chi connectivity index (χ4v) is 4.15. The van der Waals surface area contributed by atoms with Crippen molar-refractivity contribution in [2.24, 2.45) is 0 Å². The van der Waals surface area contributed by atoms with E-state index in [1.807, 2.05) is 6.07 Å². The quantitative estimate of drug-likeness (QED) is 0.437. The number of esters is 1. The molecule has 2 aliphatic heterocycles. The molecule has 10 nitrogen and oxygen atoms in total. The van der Waals surface area contributed by atoms with Gasteiger partial charge in [0.25, 0.3) is 5.91 Å². The van der Waals surface area contributed by atoms with E-state index in [0.717, 1.165) is 4.90 Å². The number of benzene rings is 1. The molecule has 3 N–H and O–H groups in total. The van der Waals surface area contributed by atoms with Crippen LogP contribution in [0.15, 0.2) is 64.4 Å². The molecule has 2 aromatic rings. The van der Waals surface area contributed by atoms with Gasteiger partial charge in [0.05, 0.1) is 30.7 Å². The van der Waals surface area contributed by atoms with Crippen molar-refractivity contribution in [3.8, 4) is 0 Å². The van der Waals surface area contributed by atoms with Gasteiger partial charge in [-0.05, 0) is 31.0 Å². The van der Waals surface area contributed by atoms with Crippen molar-refractivity contribution in [3.63, 3.8) is 0 Å². The van der Waals surface area contributed by atoms with E-state index < -0.39 is 35.5 Å². The third kappa shape index (κ3) is 3.84. The Hall–Kier alpha value is -4.08. The molecule has 1 aromatic heterocycles. The molecule has 2 atom stereocenters. The Balaban J connectivity index is 1.74. The molecule has 172 valence electrons. The zero-order chi connectivity index (χ0) is 23.6. The molecule has 1 aromatic carbocycles. The summed E-state index contributed by atoms with van der Waals surface area (Å²) in [5.74, 6) is -0.854. The van der Waals surface area contributed by atoms with Gasteiger partial charge in [-0.1, -0.05) is 37.3 Å². The molecule has 0 radical (unpaired) electrons. The van der Waals surface area contributed by atoms with Crippen LogP contribution in [0.2, 0.25) is 0 Å². The Morgan fingerprint density at radius 1 is 1.12 bits per heavy atom. The summed E-state index contributed by atoms with van der Waals surface area (Å²) in [6.45, 7) is 3.24. The first-order chi connectivity index (χ1) is 15.9. The lowest BCUT2D eigenvalue weighted by Gasteiger charge is -2.30. The van der Waals surface area contributed by atoms with Crippen LogP contribution in [0.5, 0.6) is 0 Å². The van der Waals surface area contributed by atoms with Crippen molar-refractivity contribution < 1.29 is 28.3 Å². The summed E-state index contributed by atoms with van der Waals surface area (Å²) in [4.78, 5) is 52.6. The van der Waals surface area contributed by atoms with Gasteiger partial charge in [-0.15, -0.1) is 0 Å². The smallest absolute Gasteiger partial charge is 0.338 e. The van der Waals surface area contributed by atoms with Crippen molar-refractivity contribution in [1.82, 2.24) is 20.9 Å². The summed E-state index contributed by atoms with van der Waals surface area (Å²) >= 11 is 0. The highest BCUT2D eigenvalue weighted by Gasteiger charge is 2.52. The van der Waals surface area contributed by atoms with E-state index in [1.165, 1.54) is 6.26 Å². The molecule has 1 fully saturated rings.